The van der Waals surface area contributed by atoms with Crippen molar-refractivity contribution in [2.45, 2.75) is 50.7 Å². The van der Waals surface area contributed by atoms with Gasteiger partial charge in [-0.15, -0.1) is 11.3 Å². The Morgan fingerprint density at radius 3 is 2.56 bits per heavy atom. The van der Waals surface area contributed by atoms with E-state index < -0.39 is 17.9 Å². The largest absolute Gasteiger partial charge is 0.384 e. The number of piperidine rings is 1. The van der Waals surface area contributed by atoms with Gasteiger partial charge < -0.3 is 21.3 Å². The summed E-state index contributed by atoms with van der Waals surface area (Å²) in [4.78, 5) is 42.1. The van der Waals surface area contributed by atoms with Gasteiger partial charge in [0.1, 0.15) is 11.9 Å². The Labute approximate surface area is 239 Å². The topological polar surface area (TPSA) is 128 Å². The number of thiophene rings is 1. The lowest BCUT2D eigenvalue weighted by molar-refractivity contribution is -0.139. The van der Waals surface area contributed by atoms with Crippen molar-refractivity contribution in [3.63, 3.8) is 0 Å². The molecule has 1 aliphatic heterocycles. The predicted molar refractivity (Wildman–Crippen MR) is 151 cm³/mol. The van der Waals surface area contributed by atoms with Crippen LogP contribution in [0.5, 0.6) is 0 Å². The SMILES string of the molecule is C[C@@H](NC(=O)[C@@H]1C[C@]2(C)C[C@@H]2N1C(=O)CNC(=O)c1ccc2c(c1)-c1ccccc1C2(F)F)c1cc(C(=N)N)cs1. The fourth-order valence-corrected chi connectivity index (χ4v) is 7.05. The number of likely N-dealkylation sites (tertiary alicyclic amines) is 1. The maximum absolute atomic E-state index is 14.9. The van der Waals surface area contributed by atoms with Crippen molar-refractivity contribution in [3.8, 4) is 11.1 Å². The van der Waals surface area contributed by atoms with Crippen LogP contribution in [0.2, 0.25) is 0 Å². The second-order valence-corrected chi connectivity index (χ2v) is 12.3. The second-order valence-electron chi connectivity index (χ2n) is 11.3. The highest BCUT2D eigenvalue weighted by Crippen LogP contribution is 2.59. The summed E-state index contributed by atoms with van der Waals surface area (Å²) in [6.07, 6.45) is 1.31. The summed E-state index contributed by atoms with van der Waals surface area (Å²) in [7, 11) is 0. The molecular formula is C30H29F2N5O3S. The lowest BCUT2D eigenvalue weighted by Crippen LogP contribution is -2.51. The van der Waals surface area contributed by atoms with E-state index >= 15 is 0 Å². The number of hydrogen-bond acceptors (Lipinski definition) is 5. The molecule has 1 saturated carbocycles. The molecule has 0 unspecified atom stereocenters. The normalized spacial score (nSPS) is 23.7. The minimum atomic E-state index is -3.14. The first-order valence-electron chi connectivity index (χ1n) is 13.4. The molecule has 3 aliphatic rings. The molecule has 0 radical (unpaired) electrons. The molecule has 41 heavy (non-hydrogen) atoms. The van der Waals surface area contributed by atoms with E-state index in [9.17, 15) is 23.2 Å². The van der Waals surface area contributed by atoms with Crippen molar-refractivity contribution in [2.75, 3.05) is 6.54 Å². The quantitative estimate of drug-likeness (QED) is 0.249. The number of fused-ring (bicyclic) bond motifs is 4. The maximum atomic E-state index is 14.9. The summed E-state index contributed by atoms with van der Waals surface area (Å²) >= 11 is 1.39. The summed E-state index contributed by atoms with van der Waals surface area (Å²) in [5.74, 6) is -4.39. The molecular weight excluding hydrogens is 548 g/mol. The molecule has 212 valence electrons. The fourth-order valence-electron chi connectivity index (χ4n) is 6.13. The van der Waals surface area contributed by atoms with Gasteiger partial charge >= 0.3 is 0 Å². The number of benzene rings is 2. The first-order valence-corrected chi connectivity index (χ1v) is 14.2. The van der Waals surface area contributed by atoms with Crippen LogP contribution in [0.15, 0.2) is 53.9 Å². The molecule has 2 heterocycles. The van der Waals surface area contributed by atoms with E-state index in [1.807, 2.05) is 13.8 Å². The van der Waals surface area contributed by atoms with Gasteiger partial charge in [0.2, 0.25) is 11.8 Å². The summed E-state index contributed by atoms with van der Waals surface area (Å²) in [5.41, 5.74) is 6.60. The molecule has 3 aromatic rings. The van der Waals surface area contributed by atoms with Gasteiger partial charge in [0.25, 0.3) is 11.8 Å². The molecule has 2 aliphatic carbocycles. The van der Waals surface area contributed by atoms with E-state index in [1.54, 1.807) is 34.5 Å². The van der Waals surface area contributed by atoms with Crippen LogP contribution in [-0.4, -0.2) is 47.1 Å². The number of nitrogen functional groups attached to an aromatic ring is 1. The number of nitrogens with two attached hydrogens (primary N) is 1. The molecule has 11 heteroatoms. The summed E-state index contributed by atoms with van der Waals surface area (Å²) in [5, 5.41) is 14.9. The lowest BCUT2D eigenvalue weighted by atomic mass is 10.0. The number of carbonyl (C=O) groups is 3. The summed E-state index contributed by atoms with van der Waals surface area (Å²) in [6, 6.07) is 10.9. The average Bonchev–Trinajstić information content (AvgIpc) is 3.26. The molecule has 1 saturated heterocycles. The van der Waals surface area contributed by atoms with Crippen LogP contribution in [0, 0.1) is 10.8 Å². The van der Waals surface area contributed by atoms with Crippen molar-refractivity contribution in [2.24, 2.45) is 11.1 Å². The van der Waals surface area contributed by atoms with Crippen LogP contribution in [0.25, 0.3) is 11.1 Å². The smallest absolute Gasteiger partial charge is 0.299 e. The summed E-state index contributed by atoms with van der Waals surface area (Å²) in [6.45, 7) is 3.56. The zero-order valence-electron chi connectivity index (χ0n) is 22.5. The van der Waals surface area contributed by atoms with Crippen LogP contribution >= 0.6 is 11.3 Å². The van der Waals surface area contributed by atoms with Crippen LogP contribution in [-0.2, 0) is 15.5 Å². The third-order valence-corrected chi connectivity index (χ3v) is 9.63. The molecule has 0 spiro atoms. The number of amides is 3. The molecule has 0 bridgehead atoms. The number of nitrogens with zero attached hydrogens (tertiary/aromatic N) is 1. The zero-order valence-corrected chi connectivity index (χ0v) is 23.3. The number of amidine groups is 1. The number of carbonyl (C=O) groups excluding carboxylic acids is 3. The van der Waals surface area contributed by atoms with Gasteiger partial charge in [0, 0.05) is 38.6 Å². The van der Waals surface area contributed by atoms with E-state index in [0.717, 1.165) is 11.3 Å². The van der Waals surface area contributed by atoms with E-state index in [2.05, 4.69) is 10.6 Å². The maximum Gasteiger partial charge on any atom is 0.299 e. The highest BCUT2D eigenvalue weighted by Gasteiger charge is 2.64. The van der Waals surface area contributed by atoms with Crippen molar-refractivity contribution in [1.29, 1.82) is 5.41 Å². The Bertz CT molecular complexity index is 1620. The van der Waals surface area contributed by atoms with Crippen LogP contribution in [0.4, 0.5) is 8.78 Å². The summed E-state index contributed by atoms with van der Waals surface area (Å²) < 4.78 is 29.8. The first-order chi connectivity index (χ1) is 19.4. The van der Waals surface area contributed by atoms with Crippen molar-refractivity contribution in [3.05, 3.63) is 81.0 Å². The van der Waals surface area contributed by atoms with Gasteiger partial charge in [-0.2, -0.15) is 8.78 Å². The Balaban J connectivity index is 1.13. The van der Waals surface area contributed by atoms with Crippen molar-refractivity contribution in [1.82, 2.24) is 15.5 Å². The number of hydrogen-bond donors (Lipinski definition) is 4. The monoisotopic (exact) mass is 577 g/mol. The van der Waals surface area contributed by atoms with Crippen molar-refractivity contribution < 1.29 is 23.2 Å². The second kappa shape index (κ2) is 9.47. The van der Waals surface area contributed by atoms with Gasteiger partial charge in [0.05, 0.1) is 12.6 Å². The zero-order chi connectivity index (χ0) is 29.3. The minimum absolute atomic E-state index is 0.0451. The predicted octanol–water partition coefficient (Wildman–Crippen LogP) is 4.14. The first kappa shape index (κ1) is 27.1. The number of alkyl halides is 2. The van der Waals surface area contributed by atoms with Crippen LogP contribution in [0.1, 0.15) is 64.7 Å². The van der Waals surface area contributed by atoms with Gasteiger partial charge in [-0.05, 0) is 54.5 Å². The van der Waals surface area contributed by atoms with Crippen LogP contribution in [0.3, 0.4) is 0 Å². The molecule has 6 rings (SSSR count). The molecule has 5 N–H and O–H groups in total. The Kier molecular flexibility index (Phi) is 6.25. The third-order valence-electron chi connectivity index (χ3n) is 8.52. The third kappa shape index (κ3) is 4.48. The van der Waals surface area contributed by atoms with E-state index in [-0.39, 0.29) is 58.4 Å². The van der Waals surface area contributed by atoms with Gasteiger partial charge in [-0.25, -0.2) is 0 Å². The lowest BCUT2D eigenvalue weighted by Gasteiger charge is -2.28. The Morgan fingerprint density at radius 2 is 1.83 bits per heavy atom. The standard InChI is InChI=1S/C30H29F2N5O3S/c1-15(23-10-17(14-41-23)26(33)34)36-28(40)22-11-29(2)12-24(29)37(22)25(38)13-35-27(39)16-7-8-21-19(9-16)18-5-3-4-6-20(18)30(21,31)32/h3-10,14-15,22,24H,11-13H2,1-2H3,(H3,33,34)(H,35,39)(H,36,40)/t15-,22+,24+,29-/m1/s1. The Hall–Kier alpha value is -4.12. The number of nitrogens with one attached hydrogen (secondary N) is 3. The van der Waals surface area contributed by atoms with Crippen molar-refractivity contribution >= 4 is 34.9 Å². The molecule has 1 aromatic heterocycles. The number of halogens is 2. The molecule has 3 amide bonds. The van der Waals surface area contributed by atoms with Gasteiger partial charge in [-0.1, -0.05) is 37.3 Å². The van der Waals surface area contributed by atoms with Gasteiger partial charge in [0.15, 0.2) is 0 Å². The molecule has 2 fully saturated rings. The average molecular weight is 578 g/mol. The highest BCUT2D eigenvalue weighted by molar-refractivity contribution is 7.10. The highest BCUT2D eigenvalue weighted by atomic mass is 32.1. The fraction of sp³-hybridized carbons (Fsp3) is 0.333. The molecule has 8 nitrogen and oxygen atoms in total. The van der Waals surface area contributed by atoms with Gasteiger partial charge in [-0.3, -0.25) is 19.8 Å². The molecule has 2 aromatic carbocycles. The van der Waals surface area contributed by atoms with E-state index in [0.29, 0.717) is 23.1 Å². The van der Waals surface area contributed by atoms with Crippen LogP contribution < -0.4 is 16.4 Å². The minimum Gasteiger partial charge on any atom is -0.384 e. The van der Waals surface area contributed by atoms with E-state index in [1.165, 1.54) is 35.6 Å². The number of rotatable bonds is 7. The Morgan fingerprint density at radius 1 is 1.10 bits per heavy atom. The molecule has 4 atom stereocenters. The van der Waals surface area contributed by atoms with E-state index in [4.69, 9.17) is 11.1 Å².